The first-order valence-corrected chi connectivity index (χ1v) is 7.22. The molecular weight excluding hydrogens is 206 g/mol. The maximum atomic E-state index is 5.60. The van der Waals surface area contributed by atoms with Gasteiger partial charge in [-0.3, -0.25) is 0 Å². The molecule has 2 heteroatoms. The van der Waals surface area contributed by atoms with Crippen LogP contribution in [0.4, 0.5) is 0 Å². The molecule has 0 saturated carbocycles. The number of nitrogens with one attached hydrogen (secondary N) is 1. The van der Waals surface area contributed by atoms with Gasteiger partial charge in [-0.05, 0) is 32.4 Å². The molecule has 1 N–H and O–H groups in total. The van der Waals surface area contributed by atoms with E-state index >= 15 is 0 Å². The Morgan fingerprint density at radius 2 is 1.27 bits per heavy atom. The van der Waals surface area contributed by atoms with Gasteiger partial charge in [-0.15, -0.1) is 11.6 Å². The number of hydrogen-bond donors (Lipinski definition) is 1. The average Bonchev–Trinajstić information content (AvgIpc) is 2.26. The fourth-order valence-corrected chi connectivity index (χ4v) is 1.87. The molecule has 0 aromatic heterocycles. The van der Waals surface area contributed by atoms with Crippen LogP contribution in [0.25, 0.3) is 0 Å². The van der Waals surface area contributed by atoms with Gasteiger partial charge in [0.15, 0.2) is 0 Å². The average molecular weight is 234 g/mol. The van der Waals surface area contributed by atoms with E-state index in [0.717, 1.165) is 5.88 Å². The predicted octanol–water partition coefficient (Wildman–Crippen LogP) is 4.35. The van der Waals surface area contributed by atoms with E-state index < -0.39 is 0 Å². The van der Waals surface area contributed by atoms with E-state index in [4.69, 9.17) is 11.6 Å². The molecule has 92 valence electrons. The summed E-state index contributed by atoms with van der Waals surface area (Å²) >= 11 is 5.60. The summed E-state index contributed by atoms with van der Waals surface area (Å²) in [5, 5.41) is 3.49. The fourth-order valence-electron chi connectivity index (χ4n) is 1.68. The van der Waals surface area contributed by atoms with Crippen LogP contribution in [0.1, 0.15) is 64.7 Å². The summed E-state index contributed by atoms with van der Waals surface area (Å²) in [6, 6.07) is 0. The first-order valence-electron chi connectivity index (χ1n) is 6.68. The van der Waals surface area contributed by atoms with Gasteiger partial charge in [0.1, 0.15) is 0 Å². The topological polar surface area (TPSA) is 12.0 Å². The van der Waals surface area contributed by atoms with Crippen molar-refractivity contribution in [3.63, 3.8) is 0 Å². The summed E-state index contributed by atoms with van der Waals surface area (Å²) in [7, 11) is 0. The molecule has 0 aromatic rings. The lowest BCUT2D eigenvalue weighted by Crippen LogP contribution is -2.16. The second-order valence-electron chi connectivity index (χ2n) is 4.27. The van der Waals surface area contributed by atoms with Crippen molar-refractivity contribution in [2.45, 2.75) is 64.7 Å². The van der Waals surface area contributed by atoms with Gasteiger partial charge < -0.3 is 5.32 Å². The molecule has 0 radical (unpaired) electrons. The summed E-state index contributed by atoms with van der Waals surface area (Å²) in [5.41, 5.74) is 0. The van der Waals surface area contributed by atoms with Crippen molar-refractivity contribution in [1.82, 2.24) is 5.32 Å². The number of halogens is 1. The van der Waals surface area contributed by atoms with Gasteiger partial charge in [0.05, 0.1) is 0 Å². The molecule has 0 rings (SSSR count). The molecule has 0 atom stereocenters. The summed E-state index contributed by atoms with van der Waals surface area (Å²) in [6.45, 7) is 4.64. The quantitative estimate of drug-likeness (QED) is 0.391. The van der Waals surface area contributed by atoms with Crippen LogP contribution in [0, 0.1) is 0 Å². The minimum atomic E-state index is 0.817. The van der Waals surface area contributed by atoms with E-state index in [-0.39, 0.29) is 0 Å². The van der Waals surface area contributed by atoms with Gasteiger partial charge in [0, 0.05) is 5.88 Å². The van der Waals surface area contributed by atoms with Gasteiger partial charge in [-0.2, -0.15) is 0 Å². The van der Waals surface area contributed by atoms with Crippen molar-refractivity contribution in [2.75, 3.05) is 19.0 Å². The Bertz CT molecular complexity index is 94.7. The van der Waals surface area contributed by atoms with Crippen LogP contribution in [0.5, 0.6) is 0 Å². The summed E-state index contributed by atoms with van der Waals surface area (Å²) in [6.07, 6.45) is 12.1. The highest BCUT2D eigenvalue weighted by Gasteiger charge is 1.91. The molecule has 0 aliphatic carbocycles. The normalized spacial score (nSPS) is 10.8. The van der Waals surface area contributed by atoms with Crippen molar-refractivity contribution in [1.29, 1.82) is 0 Å². The van der Waals surface area contributed by atoms with Gasteiger partial charge >= 0.3 is 0 Å². The van der Waals surface area contributed by atoms with E-state index in [1.165, 1.54) is 70.9 Å². The minimum Gasteiger partial charge on any atom is -0.317 e. The molecule has 0 unspecified atom stereocenters. The highest BCUT2D eigenvalue weighted by atomic mass is 35.5. The first-order chi connectivity index (χ1) is 7.41. The third kappa shape index (κ3) is 14.2. The lowest BCUT2D eigenvalue weighted by molar-refractivity contribution is 0.557. The molecule has 0 fully saturated rings. The van der Waals surface area contributed by atoms with Crippen molar-refractivity contribution >= 4 is 11.6 Å². The van der Waals surface area contributed by atoms with Crippen LogP contribution >= 0.6 is 11.6 Å². The minimum absolute atomic E-state index is 0.817. The van der Waals surface area contributed by atoms with E-state index in [2.05, 4.69) is 12.2 Å². The Morgan fingerprint density at radius 3 is 1.87 bits per heavy atom. The van der Waals surface area contributed by atoms with Gasteiger partial charge in [-0.25, -0.2) is 0 Å². The van der Waals surface area contributed by atoms with Crippen molar-refractivity contribution in [2.24, 2.45) is 0 Å². The zero-order valence-corrected chi connectivity index (χ0v) is 11.1. The van der Waals surface area contributed by atoms with Crippen LogP contribution in [-0.2, 0) is 0 Å². The molecule has 0 heterocycles. The number of unbranched alkanes of at least 4 members (excludes halogenated alkanes) is 7. The highest BCUT2D eigenvalue weighted by Crippen LogP contribution is 2.04. The van der Waals surface area contributed by atoms with Gasteiger partial charge in [0.25, 0.3) is 0 Å². The van der Waals surface area contributed by atoms with Crippen molar-refractivity contribution in [3.05, 3.63) is 0 Å². The van der Waals surface area contributed by atoms with E-state index in [1.54, 1.807) is 0 Å². The largest absolute Gasteiger partial charge is 0.317 e. The zero-order chi connectivity index (χ0) is 11.2. The van der Waals surface area contributed by atoms with Crippen LogP contribution in [0.15, 0.2) is 0 Å². The molecule has 1 nitrogen and oxygen atoms in total. The molecule has 0 aromatic carbocycles. The molecule has 0 aliphatic heterocycles. The standard InChI is InChI=1S/C13H28ClN/c1-2-3-4-5-6-9-12-15-13-10-7-8-11-14/h15H,2-13H2,1H3. The molecule has 0 amide bonds. The Labute approximate surface area is 101 Å². The lowest BCUT2D eigenvalue weighted by atomic mass is 10.1. The SMILES string of the molecule is CCCCCCCCNCCCCCCl. The van der Waals surface area contributed by atoms with Crippen LogP contribution in [0.3, 0.4) is 0 Å². The number of hydrogen-bond acceptors (Lipinski definition) is 1. The fraction of sp³-hybridized carbons (Fsp3) is 1.00. The van der Waals surface area contributed by atoms with Crippen molar-refractivity contribution < 1.29 is 0 Å². The first kappa shape index (κ1) is 15.2. The lowest BCUT2D eigenvalue weighted by Gasteiger charge is -2.04. The van der Waals surface area contributed by atoms with Crippen molar-refractivity contribution in [3.8, 4) is 0 Å². The van der Waals surface area contributed by atoms with Crippen LogP contribution in [-0.4, -0.2) is 19.0 Å². The molecule has 0 saturated heterocycles. The molecular formula is C13H28ClN. The Hall–Kier alpha value is 0.250. The van der Waals surface area contributed by atoms with Gasteiger partial charge in [-0.1, -0.05) is 45.4 Å². The van der Waals surface area contributed by atoms with Crippen LogP contribution in [0.2, 0.25) is 0 Å². The molecule has 0 aliphatic rings. The highest BCUT2D eigenvalue weighted by molar-refractivity contribution is 6.17. The number of rotatable bonds is 12. The third-order valence-electron chi connectivity index (χ3n) is 2.69. The molecule has 0 spiro atoms. The van der Waals surface area contributed by atoms with E-state index in [1.807, 2.05) is 0 Å². The van der Waals surface area contributed by atoms with Crippen LogP contribution < -0.4 is 5.32 Å². The third-order valence-corrected chi connectivity index (χ3v) is 2.96. The van der Waals surface area contributed by atoms with E-state index in [9.17, 15) is 0 Å². The smallest absolute Gasteiger partial charge is 0.0223 e. The molecule has 0 bridgehead atoms. The van der Waals surface area contributed by atoms with E-state index in [0.29, 0.717) is 0 Å². The Morgan fingerprint density at radius 1 is 0.733 bits per heavy atom. The second kappa shape index (κ2) is 14.2. The Kier molecular flexibility index (Phi) is 14.5. The molecule has 15 heavy (non-hydrogen) atoms. The zero-order valence-electron chi connectivity index (χ0n) is 10.4. The Balaban J connectivity index is 2.81. The predicted molar refractivity (Wildman–Crippen MR) is 70.8 cm³/mol. The monoisotopic (exact) mass is 233 g/mol. The summed E-state index contributed by atoms with van der Waals surface area (Å²) in [5.74, 6) is 0.817. The second-order valence-corrected chi connectivity index (χ2v) is 4.65. The summed E-state index contributed by atoms with van der Waals surface area (Å²) in [4.78, 5) is 0. The maximum Gasteiger partial charge on any atom is 0.0223 e. The summed E-state index contributed by atoms with van der Waals surface area (Å²) < 4.78 is 0. The number of alkyl halides is 1. The van der Waals surface area contributed by atoms with Gasteiger partial charge in [0.2, 0.25) is 0 Å². The maximum absolute atomic E-state index is 5.60.